The molecule has 7 nitrogen and oxygen atoms in total. The van der Waals surface area contributed by atoms with Crippen molar-refractivity contribution in [2.45, 2.75) is 32.7 Å². The molecule has 0 N–H and O–H groups in total. The van der Waals surface area contributed by atoms with Gasteiger partial charge in [0.25, 0.3) is 0 Å². The molecule has 2 aromatic heterocycles. The molecule has 0 bridgehead atoms. The largest absolute Gasteiger partial charge is 0.351 e. The van der Waals surface area contributed by atoms with Gasteiger partial charge in [0.2, 0.25) is 5.65 Å². The molecule has 0 fully saturated rings. The monoisotopic (exact) mass is 261 g/mol. The first kappa shape index (κ1) is 11.9. The van der Waals surface area contributed by atoms with Crippen LogP contribution in [0.3, 0.4) is 0 Å². The molecular formula is C12H15N5O2. The maximum atomic E-state index is 11.0. The number of hydrogen-bond donors (Lipinski definition) is 0. The van der Waals surface area contributed by atoms with Gasteiger partial charge in [-0.2, -0.15) is 9.61 Å². The van der Waals surface area contributed by atoms with E-state index >= 15 is 0 Å². The quantitative estimate of drug-likeness (QED) is 0.578. The van der Waals surface area contributed by atoms with Crippen LogP contribution in [0.25, 0.3) is 5.65 Å². The summed E-state index contributed by atoms with van der Waals surface area (Å²) in [6.07, 6.45) is 3.88. The number of nitro groups is 1. The minimum Gasteiger partial charge on any atom is -0.351 e. The van der Waals surface area contributed by atoms with Crippen LogP contribution >= 0.6 is 0 Å². The SMILES string of the molecule is CC(C)(C)N1CCc2cnc3c([N+](=O)[O-])cnn3c21. The fraction of sp³-hybridized carbons (Fsp3) is 0.500. The lowest BCUT2D eigenvalue weighted by atomic mass is 10.1. The van der Waals surface area contributed by atoms with E-state index in [1.807, 2.05) is 0 Å². The fourth-order valence-corrected chi connectivity index (χ4v) is 2.53. The van der Waals surface area contributed by atoms with Gasteiger partial charge in [-0.15, -0.1) is 0 Å². The molecule has 0 unspecified atom stereocenters. The summed E-state index contributed by atoms with van der Waals surface area (Å²) in [6.45, 7) is 7.23. The van der Waals surface area contributed by atoms with Gasteiger partial charge in [0.05, 0.1) is 4.92 Å². The molecule has 0 amide bonds. The standard InChI is InChI=1S/C12H15N5O2/c1-12(2,3)15-5-4-8-6-13-10-9(17(18)19)7-14-16(10)11(8)15/h6-7H,4-5H2,1-3H3. The number of nitrogens with zero attached hydrogens (tertiary/aromatic N) is 5. The van der Waals surface area contributed by atoms with Crippen molar-refractivity contribution in [3.8, 4) is 0 Å². The Morgan fingerprint density at radius 2 is 2.11 bits per heavy atom. The zero-order valence-electron chi connectivity index (χ0n) is 11.1. The molecule has 1 aliphatic rings. The molecule has 2 aromatic rings. The molecule has 0 atom stereocenters. The summed E-state index contributed by atoms with van der Waals surface area (Å²) in [7, 11) is 0. The zero-order chi connectivity index (χ0) is 13.8. The molecule has 0 spiro atoms. The first-order chi connectivity index (χ1) is 8.89. The minimum absolute atomic E-state index is 0.0523. The van der Waals surface area contributed by atoms with Gasteiger partial charge in [-0.3, -0.25) is 10.1 Å². The topological polar surface area (TPSA) is 76.6 Å². The smallest absolute Gasteiger partial charge is 0.333 e. The predicted molar refractivity (Wildman–Crippen MR) is 70.4 cm³/mol. The van der Waals surface area contributed by atoms with E-state index in [2.05, 4.69) is 35.8 Å². The van der Waals surface area contributed by atoms with Crippen molar-refractivity contribution in [2.24, 2.45) is 0 Å². The Kier molecular flexibility index (Phi) is 2.29. The lowest BCUT2D eigenvalue weighted by molar-refractivity contribution is -0.383. The molecular weight excluding hydrogens is 246 g/mol. The molecule has 0 saturated heterocycles. The van der Waals surface area contributed by atoms with E-state index in [9.17, 15) is 10.1 Å². The van der Waals surface area contributed by atoms with E-state index in [4.69, 9.17) is 0 Å². The second-order valence-electron chi connectivity index (χ2n) is 5.70. The normalized spacial score (nSPS) is 15.0. The Morgan fingerprint density at radius 1 is 1.37 bits per heavy atom. The Morgan fingerprint density at radius 3 is 2.74 bits per heavy atom. The molecule has 3 rings (SSSR count). The summed E-state index contributed by atoms with van der Waals surface area (Å²) >= 11 is 0. The number of aromatic nitrogens is 3. The van der Waals surface area contributed by atoms with E-state index < -0.39 is 4.92 Å². The van der Waals surface area contributed by atoms with Crippen LogP contribution in [0.5, 0.6) is 0 Å². The van der Waals surface area contributed by atoms with E-state index in [1.54, 1.807) is 10.7 Å². The molecule has 0 radical (unpaired) electrons. The van der Waals surface area contributed by atoms with E-state index in [1.165, 1.54) is 6.20 Å². The lowest BCUT2D eigenvalue weighted by Crippen LogP contribution is -2.41. The third-order valence-electron chi connectivity index (χ3n) is 3.42. The van der Waals surface area contributed by atoms with Crippen LogP contribution in [-0.2, 0) is 6.42 Å². The summed E-state index contributed by atoms with van der Waals surface area (Å²) in [6, 6.07) is 0. The average molecular weight is 261 g/mol. The van der Waals surface area contributed by atoms with Crippen molar-refractivity contribution in [3.63, 3.8) is 0 Å². The van der Waals surface area contributed by atoms with Gasteiger partial charge in [0.1, 0.15) is 12.0 Å². The Balaban J connectivity index is 2.27. The molecule has 19 heavy (non-hydrogen) atoms. The lowest BCUT2D eigenvalue weighted by Gasteiger charge is -2.34. The van der Waals surface area contributed by atoms with Crippen molar-refractivity contribution in [1.29, 1.82) is 0 Å². The first-order valence-electron chi connectivity index (χ1n) is 6.17. The summed E-state index contributed by atoms with van der Waals surface area (Å²) in [4.78, 5) is 16.9. The molecule has 0 saturated carbocycles. The van der Waals surface area contributed by atoms with Crippen molar-refractivity contribution >= 4 is 17.2 Å². The highest BCUT2D eigenvalue weighted by atomic mass is 16.6. The Bertz CT molecular complexity index is 671. The second-order valence-corrected chi connectivity index (χ2v) is 5.70. The zero-order valence-corrected chi connectivity index (χ0v) is 11.1. The molecule has 1 aliphatic heterocycles. The van der Waals surface area contributed by atoms with Crippen molar-refractivity contribution in [2.75, 3.05) is 11.4 Å². The molecule has 100 valence electrons. The molecule has 3 heterocycles. The van der Waals surface area contributed by atoms with Crippen molar-refractivity contribution < 1.29 is 4.92 Å². The van der Waals surface area contributed by atoms with Gasteiger partial charge in [0.15, 0.2) is 0 Å². The van der Waals surface area contributed by atoms with Crippen LogP contribution < -0.4 is 4.90 Å². The van der Waals surface area contributed by atoms with E-state index in [0.717, 1.165) is 24.3 Å². The Labute approximate surface area is 110 Å². The fourth-order valence-electron chi connectivity index (χ4n) is 2.53. The van der Waals surface area contributed by atoms with Gasteiger partial charge >= 0.3 is 5.69 Å². The van der Waals surface area contributed by atoms with Gasteiger partial charge < -0.3 is 4.90 Å². The van der Waals surface area contributed by atoms with Crippen LogP contribution in [0.15, 0.2) is 12.4 Å². The van der Waals surface area contributed by atoms with Crippen LogP contribution in [0.1, 0.15) is 26.3 Å². The van der Waals surface area contributed by atoms with Gasteiger partial charge in [-0.1, -0.05) is 0 Å². The van der Waals surface area contributed by atoms with E-state index in [-0.39, 0.29) is 11.2 Å². The Hall–Kier alpha value is -2.18. The maximum Gasteiger partial charge on any atom is 0.333 e. The highest BCUT2D eigenvalue weighted by Crippen LogP contribution is 2.34. The molecule has 7 heteroatoms. The van der Waals surface area contributed by atoms with Crippen LogP contribution in [0.2, 0.25) is 0 Å². The summed E-state index contributed by atoms with van der Waals surface area (Å²) in [5, 5.41) is 15.1. The van der Waals surface area contributed by atoms with Crippen molar-refractivity contribution in [3.05, 3.63) is 28.1 Å². The van der Waals surface area contributed by atoms with Crippen LogP contribution in [0, 0.1) is 10.1 Å². The summed E-state index contributed by atoms with van der Waals surface area (Å²) in [5.41, 5.74) is 1.28. The second kappa shape index (κ2) is 3.66. The summed E-state index contributed by atoms with van der Waals surface area (Å²) < 4.78 is 1.59. The first-order valence-corrected chi connectivity index (χ1v) is 6.17. The highest BCUT2D eigenvalue weighted by Gasteiger charge is 2.32. The third-order valence-corrected chi connectivity index (χ3v) is 3.42. The number of anilines is 1. The van der Waals surface area contributed by atoms with Gasteiger partial charge in [-0.25, -0.2) is 4.98 Å². The number of rotatable bonds is 1. The van der Waals surface area contributed by atoms with E-state index in [0.29, 0.717) is 5.65 Å². The highest BCUT2D eigenvalue weighted by molar-refractivity contribution is 5.66. The third kappa shape index (κ3) is 1.65. The number of fused-ring (bicyclic) bond motifs is 3. The van der Waals surface area contributed by atoms with Gasteiger partial charge in [0, 0.05) is 23.8 Å². The van der Waals surface area contributed by atoms with Crippen LogP contribution in [0.4, 0.5) is 11.5 Å². The summed E-state index contributed by atoms with van der Waals surface area (Å²) in [5.74, 6) is 0.922. The van der Waals surface area contributed by atoms with Crippen molar-refractivity contribution in [1.82, 2.24) is 14.6 Å². The van der Waals surface area contributed by atoms with Crippen LogP contribution in [-0.4, -0.2) is 31.6 Å². The molecule has 0 aliphatic carbocycles. The molecule has 0 aromatic carbocycles. The minimum atomic E-state index is -0.446. The average Bonchev–Trinajstić information content (AvgIpc) is 2.90. The maximum absolute atomic E-state index is 11.0. The van der Waals surface area contributed by atoms with Gasteiger partial charge in [-0.05, 0) is 27.2 Å². The number of hydrogen-bond acceptors (Lipinski definition) is 5. The predicted octanol–water partition coefficient (Wildman–Crippen LogP) is 1.80.